The van der Waals surface area contributed by atoms with Gasteiger partial charge in [-0.2, -0.15) is 4.31 Å². The number of morpholine rings is 1. The molecule has 9 nitrogen and oxygen atoms in total. The summed E-state index contributed by atoms with van der Waals surface area (Å²) in [5.41, 5.74) is 0.973. The van der Waals surface area contributed by atoms with Crippen LogP contribution in [0.4, 0.5) is 11.4 Å². The molecule has 1 fully saturated rings. The van der Waals surface area contributed by atoms with Gasteiger partial charge in [-0.15, -0.1) is 0 Å². The Morgan fingerprint density at radius 1 is 1.06 bits per heavy atom. The van der Waals surface area contributed by atoms with Crippen molar-refractivity contribution < 1.29 is 27.5 Å². The number of amides is 2. The van der Waals surface area contributed by atoms with Crippen molar-refractivity contribution in [2.45, 2.75) is 31.0 Å². The Hall–Kier alpha value is -2.95. The maximum atomic E-state index is 13.0. The highest BCUT2D eigenvalue weighted by atomic mass is 32.2. The van der Waals surface area contributed by atoms with Crippen LogP contribution in [0, 0.1) is 0 Å². The summed E-state index contributed by atoms with van der Waals surface area (Å²) in [6.45, 7) is 3.96. The van der Waals surface area contributed by atoms with Crippen LogP contribution >= 0.6 is 0 Å². The highest BCUT2D eigenvalue weighted by molar-refractivity contribution is 7.89. The van der Waals surface area contributed by atoms with Crippen molar-refractivity contribution in [1.29, 1.82) is 0 Å². The number of hydrogen-bond donors (Lipinski definition) is 1. The van der Waals surface area contributed by atoms with Gasteiger partial charge in [-0.05, 0) is 50.2 Å². The van der Waals surface area contributed by atoms with E-state index in [1.54, 1.807) is 24.3 Å². The molecule has 2 atom stereocenters. The van der Waals surface area contributed by atoms with Gasteiger partial charge in [0.25, 0.3) is 5.91 Å². The molecule has 1 saturated heterocycles. The smallest absolute Gasteiger partial charge is 0.265 e. The lowest BCUT2D eigenvalue weighted by Crippen LogP contribution is -2.48. The molecule has 32 heavy (non-hydrogen) atoms. The van der Waals surface area contributed by atoms with Crippen LogP contribution in [-0.2, 0) is 24.3 Å². The summed E-state index contributed by atoms with van der Waals surface area (Å²) in [6.07, 6.45) is -0.361. The van der Waals surface area contributed by atoms with E-state index >= 15 is 0 Å². The Bertz CT molecular complexity index is 1110. The minimum absolute atomic E-state index is 0.129. The summed E-state index contributed by atoms with van der Waals surface area (Å²) in [7, 11) is -3.66. The zero-order valence-electron chi connectivity index (χ0n) is 17.9. The van der Waals surface area contributed by atoms with Crippen molar-refractivity contribution >= 4 is 33.2 Å². The van der Waals surface area contributed by atoms with E-state index in [0.717, 1.165) is 0 Å². The first-order valence-corrected chi connectivity index (χ1v) is 11.8. The number of para-hydroxylation sites is 2. The molecule has 0 aromatic heterocycles. The summed E-state index contributed by atoms with van der Waals surface area (Å²) < 4.78 is 38.3. The Balaban J connectivity index is 1.43. The molecule has 2 heterocycles. The molecular weight excluding hydrogens is 434 g/mol. The highest BCUT2D eigenvalue weighted by Crippen LogP contribution is 2.31. The van der Waals surface area contributed by atoms with Crippen LogP contribution < -0.4 is 15.0 Å². The Labute approximate surface area is 187 Å². The summed E-state index contributed by atoms with van der Waals surface area (Å²) in [6, 6.07) is 13.0. The molecule has 170 valence electrons. The number of carbonyl (C=O) groups excluding carboxylic acids is 2. The zero-order valence-corrected chi connectivity index (χ0v) is 18.7. The fraction of sp³-hybridized carbons (Fsp3) is 0.364. The van der Waals surface area contributed by atoms with Crippen LogP contribution in [0.1, 0.15) is 13.8 Å². The number of nitrogens with zero attached hydrogens (tertiary/aromatic N) is 2. The van der Waals surface area contributed by atoms with Crippen LogP contribution in [-0.4, -0.2) is 63.0 Å². The lowest BCUT2D eigenvalue weighted by atomic mass is 10.2. The van der Waals surface area contributed by atoms with Crippen molar-refractivity contribution in [2.75, 3.05) is 36.5 Å². The predicted octanol–water partition coefficient (Wildman–Crippen LogP) is 1.85. The quantitative estimate of drug-likeness (QED) is 0.732. The Kier molecular flexibility index (Phi) is 6.18. The Morgan fingerprint density at radius 3 is 2.41 bits per heavy atom. The number of rotatable bonds is 5. The lowest BCUT2D eigenvalue weighted by Gasteiger charge is -2.34. The van der Waals surface area contributed by atoms with E-state index in [4.69, 9.17) is 9.47 Å². The molecule has 0 radical (unpaired) electrons. The third-order valence-electron chi connectivity index (χ3n) is 5.27. The number of sulfonamides is 1. The van der Waals surface area contributed by atoms with Crippen LogP contribution in [0.25, 0.3) is 0 Å². The molecule has 0 unspecified atom stereocenters. The van der Waals surface area contributed by atoms with E-state index in [0.29, 0.717) is 30.2 Å². The monoisotopic (exact) mass is 459 g/mol. The van der Waals surface area contributed by atoms with Gasteiger partial charge in [-0.1, -0.05) is 12.1 Å². The minimum Gasteiger partial charge on any atom is -0.482 e. The normalized spacial score (nSPS) is 21.6. The third kappa shape index (κ3) is 4.62. The molecular formula is C22H25N3O6S. The maximum absolute atomic E-state index is 13.0. The number of carbonyl (C=O) groups is 2. The van der Waals surface area contributed by atoms with Gasteiger partial charge in [0.2, 0.25) is 15.9 Å². The number of ether oxygens (including phenoxy) is 2. The molecule has 0 spiro atoms. The first kappa shape index (κ1) is 22.3. The van der Waals surface area contributed by atoms with Gasteiger partial charge >= 0.3 is 0 Å². The molecule has 0 bridgehead atoms. The summed E-state index contributed by atoms with van der Waals surface area (Å²) in [4.78, 5) is 26.3. The van der Waals surface area contributed by atoms with E-state index in [1.807, 2.05) is 13.8 Å². The van der Waals surface area contributed by atoms with Crippen LogP contribution in [0.2, 0.25) is 0 Å². The van der Waals surface area contributed by atoms with E-state index in [1.165, 1.54) is 33.5 Å². The number of hydrogen-bond acceptors (Lipinski definition) is 6. The highest BCUT2D eigenvalue weighted by Gasteiger charge is 2.32. The van der Waals surface area contributed by atoms with Gasteiger partial charge in [0.1, 0.15) is 12.3 Å². The van der Waals surface area contributed by atoms with Gasteiger partial charge in [0, 0.05) is 18.8 Å². The number of fused-ring (bicyclic) bond motifs is 1. The van der Waals surface area contributed by atoms with Crippen molar-refractivity contribution in [3.63, 3.8) is 0 Å². The van der Waals surface area contributed by atoms with Crippen molar-refractivity contribution in [2.24, 2.45) is 0 Å². The number of nitrogens with one attached hydrogen (secondary N) is 1. The SMILES string of the molecule is C[C@@H]1CN(S(=O)(=O)c2ccc(NC(=O)CN3C(=O)COc4ccccc43)cc2)C[C@H](C)O1. The van der Waals surface area contributed by atoms with Crippen molar-refractivity contribution in [1.82, 2.24) is 4.31 Å². The molecule has 2 amide bonds. The van der Waals surface area contributed by atoms with Crippen molar-refractivity contribution in [3.8, 4) is 5.75 Å². The average Bonchev–Trinajstić information content (AvgIpc) is 2.75. The third-order valence-corrected chi connectivity index (χ3v) is 7.12. The molecule has 2 aliphatic rings. The maximum Gasteiger partial charge on any atom is 0.265 e. The van der Waals surface area contributed by atoms with E-state index < -0.39 is 15.9 Å². The summed E-state index contributed by atoms with van der Waals surface area (Å²) in [5, 5.41) is 2.71. The molecule has 0 saturated carbocycles. The topological polar surface area (TPSA) is 105 Å². The molecule has 2 aromatic carbocycles. The largest absolute Gasteiger partial charge is 0.482 e. The van der Waals surface area contributed by atoms with E-state index in [9.17, 15) is 18.0 Å². The molecule has 10 heteroatoms. The van der Waals surface area contributed by atoms with Gasteiger partial charge in [0.15, 0.2) is 6.61 Å². The summed E-state index contributed by atoms with van der Waals surface area (Å²) >= 11 is 0. The Morgan fingerprint density at radius 2 is 1.72 bits per heavy atom. The summed E-state index contributed by atoms with van der Waals surface area (Å²) in [5.74, 6) is -0.169. The average molecular weight is 460 g/mol. The van der Waals surface area contributed by atoms with E-state index in [-0.39, 0.29) is 36.2 Å². The van der Waals surface area contributed by atoms with Crippen LogP contribution in [0.5, 0.6) is 5.75 Å². The minimum atomic E-state index is -3.66. The molecule has 1 N–H and O–H groups in total. The fourth-order valence-electron chi connectivity index (χ4n) is 3.86. The lowest BCUT2D eigenvalue weighted by molar-refractivity contribution is -0.123. The second-order valence-corrected chi connectivity index (χ2v) is 9.83. The van der Waals surface area contributed by atoms with Crippen LogP contribution in [0.15, 0.2) is 53.4 Å². The van der Waals surface area contributed by atoms with Gasteiger partial charge in [-0.3, -0.25) is 14.5 Å². The zero-order chi connectivity index (χ0) is 22.9. The molecule has 0 aliphatic carbocycles. The predicted molar refractivity (Wildman–Crippen MR) is 118 cm³/mol. The second-order valence-electron chi connectivity index (χ2n) is 7.89. The molecule has 2 aliphatic heterocycles. The van der Waals surface area contributed by atoms with E-state index in [2.05, 4.69) is 5.32 Å². The number of benzene rings is 2. The number of anilines is 2. The van der Waals surface area contributed by atoms with Gasteiger partial charge in [-0.25, -0.2) is 8.42 Å². The molecule has 2 aromatic rings. The second kappa shape index (κ2) is 8.89. The van der Waals surface area contributed by atoms with Crippen molar-refractivity contribution in [3.05, 3.63) is 48.5 Å². The van der Waals surface area contributed by atoms with Gasteiger partial charge < -0.3 is 14.8 Å². The van der Waals surface area contributed by atoms with Crippen LogP contribution in [0.3, 0.4) is 0 Å². The first-order valence-electron chi connectivity index (χ1n) is 10.3. The molecule has 4 rings (SSSR count). The van der Waals surface area contributed by atoms with Gasteiger partial charge in [0.05, 0.1) is 22.8 Å². The first-order chi connectivity index (χ1) is 15.2. The standard InChI is InChI=1S/C22H25N3O6S/c1-15-11-24(12-16(2)31-15)32(28,29)18-9-7-17(8-10-18)23-21(26)13-25-19-5-3-4-6-20(19)30-14-22(25)27/h3-10,15-16H,11-14H2,1-2H3,(H,23,26)/t15-,16+. The fourth-order valence-corrected chi connectivity index (χ4v) is 5.45.